The predicted molar refractivity (Wildman–Crippen MR) is 184 cm³/mol. The molecule has 6 aromatic rings. The van der Waals surface area contributed by atoms with Crippen LogP contribution in [0.5, 0.6) is 5.75 Å². The summed E-state index contributed by atoms with van der Waals surface area (Å²) in [5, 5.41) is 19.9. The molecular formula is C37H37FN6O4. The summed E-state index contributed by atoms with van der Waals surface area (Å²) in [4.78, 5) is 22.5. The predicted octanol–water partition coefficient (Wildman–Crippen LogP) is 7.36. The van der Waals surface area contributed by atoms with Crippen LogP contribution in [-0.4, -0.2) is 54.1 Å². The average Bonchev–Trinajstić information content (AvgIpc) is 3.59. The molecule has 0 bridgehead atoms. The highest BCUT2D eigenvalue weighted by atomic mass is 19.1. The van der Waals surface area contributed by atoms with Crippen molar-refractivity contribution >= 4 is 33.6 Å². The lowest BCUT2D eigenvalue weighted by molar-refractivity contribution is -0.160. The van der Waals surface area contributed by atoms with E-state index in [4.69, 9.17) is 14.5 Å². The lowest BCUT2D eigenvalue weighted by Gasteiger charge is -2.29. The quantitative estimate of drug-likeness (QED) is 0.193. The number of hydrogen-bond acceptors (Lipinski definition) is 7. The molecule has 5 heterocycles. The highest BCUT2D eigenvalue weighted by Crippen LogP contribution is 2.46. The Labute approximate surface area is 277 Å². The number of halogens is 1. The van der Waals surface area contributed by atoms with Crippen LogP contribution >= 0.6 is 0 Å². The number of carbonyl (C=O) groups is 1. The van der Waals surface area contributed by atoms with Gasteiger partial charge in [0.1, 0.15) is 12.3 Å². The normalized spacial score (nSPS) is 13.8. The van der Waals surface area contributed by atoms with Crippen molar-refractivity contribution < 1.29 is 23.8 Å². The first-order chi connectivity index (χ1) is 22.8. The number of pyridine rings is 2. The van der Waals surface area contributed by atoms with E-state index in [-0.39, 0.29) is 5.75 Å². The minimum Gasteiger partial charge on any atom is -0.486 e. The number of carboxylic acid groups (broad SMARTS) is 1. The van der Waals surface area contributed by atoms with Crippen LogP contribution in [0.1, 0.15) is 43.7 Å². The van der Waals surface area contributed by atoms with Gasteiger partial charge in [0.15, 0.2) is 17.7 Å². The molecule has 0 aliphatic carbocycles. The van der Waals surface area contributed by atoms with Crippen molar-refractivity contribution in [3.05, 3.63) is 77.5 Å². The molecule has 48 heavy (non-hydrogen) atoms. The van der Waals surface area contributed by atoms with E-state index in [2.05, 4.69) is 21.5 Å². The number of hydrogen-bond donors (Lipinski definition) is 2. The highest BCUT2D eigenvalue weighted by Gasteiger charge is 2.34. The fraction of sp³-hybridized carbons (Fsp3) is 0.297. The Balaban J connectivity index is 1.48. The van der Waals surface area contributed by atoms with Gasteiger partial charge in [-0.15, -0.1) is 0 Å². The van der Waals surface area contributed by atoms with Crippen molar-refractivity contribution in [2.75, 3.05) is 18.5 Å². The molecule has 0 fully saturated rings. The summed E-state index contributed by atoms with van der Waals surface area (Å²) in [7, 11) is 3.83. The Hall–Kier alpha value is -5.29. The molecule has 0 saturated carbocycles. The van der Waals surface area contributed by atoms with E-state index in [9.17, 15) is 9.90 Å². The molecule has 11 heteroatoms. The number of rotatable bonds is 6. The summed E-state index contributed by atoms with van der Waals surface area (Å²) in [6.45, 7) is 9.95. The Bertz CT molecular complexity index is 2260. The molecule has 0 radical (unpaired) electrons. The molecular weight excluding hydrogens is 611 g/mol. The number of nitrogens with one attached hydrogen (secondary N) is 1. The molecule has 1 aliphatic heterocycles. The maximum Gasteiger partial charge on any atom is 0.337 e. The van der Waals surface area contributed by atoms with Gasteiger partial charge in [-0.3, -0.25) is 9.67 Å². The van der Waals surface area contributed by atoms with Crippen molar-refractivity contribution in [3.8, 4) is 39.4 Å². The van der Waals surface area contributed by atoms with E-state index in [1.165, 1.54) is 6.07 Å². The number of benzene rings is 2. The number of carboxylic acids is 1. The zero-order valence-corrected chi connectivity index (χ0v) is 28.0. The van der Waals surface area contributed by atoms with Crippen molar-refractivity contribution in [1.82, 2.24) is 24.3 Å². The summed E-state index contributed by atoms with van der Waals surface area (Å²) < 4.78 is 31.5. The number of fused-ring (bicyclic) bond motifs is 3. The van der Waals surface area contributed by atoms with E-state index >= 15 is 4.39 Å². The Morgan fingerprint density at radius 1 is 1.10 bits per heavy atom. The third kappa shape index (κ3) is 5.24. The first kappa shape index (κ1) is 31.3. The Morgan fingerprint density at radius 3 is 2.65 bits per heavy atom. The summed E-state index contributed by atoms with van der Waals surface area (Å²) in [5.41, 5.74) is 7.56. The molecule has 1 atom stereocenters. The number of anilines is 1. The molecule has 246 valence electrons. The van der Waals surface area contributed by atoms with Gasteiger partial charge in [0.25, 0.3) is 0 Å². The zero-order valence-electron chi connectivity index (χ0n) is 28.0. The van der Waals surface area contributed by atoms with Crippen LogP contribution in [0.3, 0.4) is 0 Å². The van der Waals surface area contributed by atoms with Gasteiger partial charge in [-0.05, 0) is 82.1 Å². The molecule has 2 aromatic carbocycles. The van der Waals surface area contributed by atoms with Crippen molar-refractivity contribution in [2.24, 2.45) is 14.1 Å². The Morgan fingerprint density at radius 2 is 1.90 bits per heavy atom. The second kappa shape index (κ2) is 11.4. The van der Waals surface area contributed by atoms with E-state index in [0.717, 1.165) is 39.0 Å². The largest absolute Gasteiger partial charge is 0.486 e. The number of ether oxygens (including phenoxy) is 2. The third-order valence-electron chi connectivity index (χ3n) is 8.87. The number of aliphatic carboxylic acids is 1. The fourth-order valence-corrected chi connectivity index (χ4v) is 6.67. The van der Waals surface area contributed by atoms with E-state index in [1.807, 2.05) is 87.6 Å². The number of aryl methyl sites for hydroxylation is 3. The summed E-state index contributed by atoms with van der Waals surface area (Å²) in [6, 6.07) is 13.5. The van der Waals surface area contributed by atoms with Crippen molar-refractivity contribution in [2.45, 2.75) is 46.3 Å². The second-order valence-electron chi connectivity index (χ2n) is 13.2. The minimum atomic E-state index is -1.36. The van der Waals surface area contributed by atoms with E-state index in [0.29, 0.717) is 52.3 Å². The topological polar surface area (TPSA) is 116 Å². The molecule has 0 saturated heterocycles. The summed E-state index contributed by atoms with van der Waals surface area (Å²) in [6.07, 6.45) is 2.24. The zero-order chi connectivity index (χ0) is 34.1. The molecule has 0 unspecified atom stereocenters. The van der Waals surface area contributed by atoms with Gasteiger partial charge in [-0.2, -0.15) is 5.10 Å². The molecule has 0 spiro atoms. The van der Waals surface area contributed by atoms with Crippen LogP contribution in [0.15, 0.2) is 54.9 Å². The maximum absolute atomic E-state index is 15.8. The lowest BCUT2D eigenvalue weighted by atomic mass is 9.88. The minimum absolute atomic E-state index is 0.161. The van der Waals surface area contributed by atoms with Crippen molar-refractivity contribution in [1.29, 1.82) is 0 Å². The molecule has 7 rings (SSSR count). The maximum atomic E-state index is 15.8. The molecule has 0 amide bonds. The molecule has 10 nitrogen and oxygen atoms in total. The average molecular weight is 649 g/mol. The summed E-state index contributed by atoms with van der Waals surface area (Å²) >= 11 is 0. The SMILES string of the molecule is Cc1nc2c(cc(-c3ccnc(-c4ccc5c(cnn5C)c4)c3)n2C)c(-c2cc(F)c3c(c2C)NCCO3)c1[C@H](OC(C)(C)C)C(=O)O. The van der Waals surface area contributed by atoms with Gasteiger partial charge in [0.05, 0.1) is 34.4 Å². The van der Waals surface area contributed by atoms with Crippen LogP contribution in [0, 0.1) is 19.7 Å². The monoisotopic (exact) mass is 648 g/mol. The van der Waals surface area contributed by atoms with Crippen molar-refractivity contribution in [3.63, 3.8) is 0 Å². The van der Waals surface area contributed by atoms with Crippen LogP contribution in [0.4, 0.5) is 10.1 Å². The standard InChI is InChI=1S/C37H37FN6O4/c1-19-24(16-26(38)33-32(19)40-12-13-47-33)31-25-17-29(43(6)35(25)42-20(2)30(31)34(36(45)46)48-37(3,4)5)22-10-11-39-27(15-22)21-8-9-28-23(14-21)18-41-44(28)7/h8-11,14-18,34,40H,12-13H2,1-7H3,(H,45,46)/t34-/m0/s1. The smallest absolute Gasteiger partial charge is 0.337 e. The van der Waals surface area contributed by atoms with E-state index in [1.54, 1.807) is 13.1 Å². The van der Waals surface area contributed by atoms with Gasteiger partial charge < -0.3 is 24.5 Å². The lowest BCUT2D eigenvalue weighted by Crippen LogP contribution is -2.28. The second-order valence-corrected chi connectivity index (χ2v) is 13.2. The summed E-state index contributed by atoms with van der Waals surface area (Å²) in [5.74, 6) is -1.53. The molecule has 1 aliphatic rings. The van der Waals surface area contributed by atoms with E-state index < -0.39 is 23.5 Å². The van der Waals surface area contributed by atoms with Gasteiger partial charge >= 0.3 is 5.97 Å². The van der Waals surface area contributed by atoms with Gasteiger partial charge in [0.2, 0.25) is 0 Å². The number of aromatic nitrogens is 5. The first-order valence-electron chi connectivity index (χ1n) is 15.8. The van der Waals surface area contributed by atoms with Crippen LogP contribution in [0.25, 0.3) is 55.6 Å². The van der Waals surface area contributed by atoms with Crippen LogP contribution < -0.4 is 10.1 Å². The molecule has 4 aromatic heterocycles. The Kier molecular flexibility index (Phi) is 7.47. The van der Waals surface area contributed by atoms with Crippen LogP contribution in [-0.2, 0) is 23.6 Å². The van der Waals surface area contributed by atoms with Crippen LogP contribution in [0.2, 0.25) is 0 Å². The first-order valence-corrected chi connectivity index (χ1v) is 15.8. The highest BCUT2D eigenvalue weighted by molar-refractivity contribution is 6.02. The van der Waals surface area contributed by atoms with Gasteiger partial charge in [-0.1, -0.05) is 6.07 Å². The fourth-order valence-electron chi connectivity index (χ4n) is 6.67. The third-order valence-corrected chi connectivity index (χ3v) is 8.87. The molecule has 2 N–H and O–H groups in total. The van der Waals surface area contributed by atoms with Gasteiger partial charge in [0, 0.05) is 65.6 Å². The number of nitrogens with zero attached hydrogens (tertiary/aromatic N) is 5. The van der Waals surface area contributed by atoms with Gasteiger partial charge in [-0.25, -0.2) is 14.2 Å².